The molecule has 158 valence electrons. The maximum absolute atomic E-state index is 13.4. The Bertz CT molecular complexity index is 995. The number of nitrogens with one attached hydrogen (secondary N) is 1. The van der Waals surface area contributed by atoms with Crippen LogP contribution in [0.1, 0.15) is 37.4 Å². The average molecular weight is 411 g/mol. The van der Waals surface area contributed by atoms with E-state index in [1.807, 2.05) is 29.2 Å². The van der Waals surface area contributed by atoms with Crippen molar-refractivity contribution in [1.82, 2.24) is 14.9 Å². The van der Waals surface area contributed by atoms with Crippen LogP contribution >= 0.6 is 0 Å². The first-order valence-corrected chi connectivity index (χ1v) is 10.3. The molecule has 2 heterocycles. The van der Waals surface area contributed by atoms with E-state index < -0.39 is 0 Å². The third-order valence-electron chi connectivity index (χ3n) is 5.56. The van der Waals surface area contributed by atoms with Crippen molar-refractivity contribution in [2.75, 3.05) is 26.8 Å². The zero-order chi connectivity index (χ0) is 20.9. The largest absolute Gasteiger partial charge is 0.497 e. The summed E-state index contributed by atoms with van der Waals surface area (Å²) in [4.78, 5) is 22.3. The van der Waals surface area contributed by atoms with Crippen LogP contribution in [-0.4, -0.2) is 47.6 Å². The SMILES string of the molecule is COc1ccc(OCCCC(=O)N2CCC(c3nc4ccc(F)cc4[nH]3)CC2)cc1. The number of piperidine rings is 1. The highest BCUT2D eigenvalue weighted by Gasteiger charge is 2.25. The number of benzene rings is 2. The van der Waals surface area contributed by atoms with Gasteiger partial charge in [-0.1, -0.05) is 0 Å². The number of carbonyl (C=O) groups excluding carboxylic acids is 1. The number of likely N-dealkylation sites (tertiary alicyclic amines) is 1. The van der Waals surface area contributed by atoms with Crippen molar-refractivity contribution < 1.29 is 18.7 Å². The molecule has 2 aromatic carbocycles. The first-order chi connectivity index (χ1) is 14.6. The van der Waals surface area contributed by atoms with E-state index in [4.69, 9.17) is 9.47 Å². The van der Waals surface area contributed by atoms with Crippen molar-refractivity contribution in [3.05, 3.63) is 54.1 Å². The fraction of sp³-hybridized carbons (Fsp3) is 0.391. The highest BCUT2D eigenvalue weighted by atomic mass is 19.1. The number of H-pyrrole nitrogens is 1. The van der Waals surface area contributed by atoms with E-state index in [0.717, 1.165) is 41.2 Å². The molecule has 0 bridgehead atoms. The lowest BCUT2D eigenvalue weighted by atomic mass is 9.96. The summed E-state index contributed by atoms with van der Waals surface area (Å²) in [5.41, 5.74) is 1.50. The molecule has 6 nitrogen and oxygen atoms in total. The molecule has 4 rings (SSSR count). The third kappa shape index (κ3) is 4.72. The molecule has 1 amide bonds. The quantitative estimate of drug-likeness (QED) is 0.590. The molecule has 1 aromatic heterocycles. The summed E-state index contributed by atoms with van der Waals surface area (Å²) >= 11 is 0. The van der Waals surface area contributed by atoms with Crippen LogP contribution < -0.4 is 9.47 Å². The molecule has 0 unspecified atom stereocenters. The zero-order valence-corrected chi connectivity index (χ0v) is 17.1. The number of aromatic amines is 1. The minimum absolute atomic E-state index is 0.165. The number of rotatable bonds is 7. The first kappa shape index (κ1) is 20.2. The number of fused-ring (bicyclic) bond motifs is 1. The fourth-order valence-electron chi connectivity index (χ4n) is 3.84. The Morgan fingerprint density at radius 1 is 1.17 bits per heavy atom. The molecule has 1 aliphatic heterocycles. The van der Waals surface area contributed by atoms with Gasteiger partial charge in [-0.05, 0) is 61.7 Å². The van der Waals surface area contributed by atoms with Gasteiger partial charge < -0.3 is 19.4 Å². The normalized spacial score (nSPS) is 14.8. The van der Waals surface area contributed by atoms with Crippen LogP contribution in [0.5, 0.6) is 11.5 Å². The summed E-state index contributed by atoms with van der Waals surface area (Å²) < 4.78 is 24.2. The second-order valence-corrected chi connectivity index (χ2v) is 7.57. The topological polar surface area (TPSA) is 67.5 Å². The minimum Gasteiger partial charge on any atom is -0.497 e. The van der Waals surface area contributed by atoms with Gasteiger partial charge >= 0.3 is 0 Å². The lowest BCUT2D eigenvalue weighted by molar-refractivity contribution is -0.132. The third-order valence-corrected chi connectivity index (χ3v) is 5.56. The van der Waals surface area contributed by atoms with Crippen molar-refractivity contribution in [3.63, 3.8) is 0 Å². The minimum atomic E-state index is -0.269. The van der Waals surface area contributed by atoms with Crippen molar-refractivity contribution in [1.29, 1.82) is 0 Å². The molecule has 0 spiro atoms. The molecule has 3 aromatic rings. The number of carbonyl (C=O) groups is 1. The Kier molecular flexibility index (Phi) is 6.16. The molecule has 1 saturated heterocycles. The number of hydrogen-bond donors (Lipinski definition) is 1. The highest BCUT2D eigenvalue weighted by Crippen LogP contribution is 2.28. The maximum Gasteiger partial charge on any atom is 0.222 e. The van der Waals surface area contributed by atoms with Gasteiger partial charge in [-0.25, -0.2) is 9.37 Å². The second kappa shape index (κ2) is 9.15. The maximum atomic E-state index is 13.4. The predicted molar refractivity (Wildman–Crippen MR) is 112 cm³/mol. The molecular formula is C23H26FN3O3. The fourth-order valence-corrected chi connectivity index (χ4v) is 3.84. The van der Waals surface area contributed by atoms with Crippen molar-refractivity contribution in [3.8, 4) is 11.5 Å². The monoisotopic (exact) mass is 411 g/mol. The van der Waals surface area contributed by atoms with E-state index in [-0.39, 0.29) is 17.6 Å². The van der Waals surface area contributed by atoms with Crippen molar-refractivity contribution in [2.45, 2.75) is 31.6 Å². The van der Waals surface area contributed by atoms with Crippen LogP contribution in [0.15, 0.2) is 42.5 Å². The van der Waals surface area contributed by atoms with Crippen molar-refractivity contribution in [2.24, 2.45) is 0 Å². The number of nitrogens with zero attached hydrogens (tertiary/aromatic N) is 2. The van der Waals surface area contributed by atoms with Gasteiger partial charge in [-0.3, -0.25) is 4.79 Å². The van der Waals surface area contributed by atoms with Gasteiger partial charge in [0, 0.05) is 25.4 Å². The molecular weight excluding hydrogens is 385 g/mol. The number of hydrogen-bond acceptors (Lipinski definition) is 4. The second-order valence-electron chi connectivity index (χ2n) is 7.57. The number of halogens is 1. The Morgan fingerprint density at radius 3 is 2.63 bits per heavy atom. The molecule has 1 fully saturated rings. The lowest BCUT2D eigenvalue weighted by Gasteiger charge is -2.31. The van der Waals surface area contributed by atoms with Gasteiger partial charge in [-0.15, -0.1) is 0 Å². The number of methoxy groups -OCH3 is 1. The molecule has 0 aliphatic carbocycles. The summed E-state index contributed by atoms with van der Waals surface area (Å²) in [6.45, 7) is 1.94. The summed E-state index contributed by atoms with van der Waals surface area (Å²) in [6, 6.07) is 12.0. The standard InChI is InChI=1S/C23H26FN3O3/c1-29-18-5-7-19(8-6-18)30-14-2-3-22(28)27-12-10-16(11-13-27)23-25-20-9-4-17(24)15-21(20)26-23/h4-9,15-16H,2-3,10-14H2,1H3,(H,25,26). The summed E-state index contributed by atoms with van der Waals surface area (Å²) in [5.74, 6) is 2.61. The molecule has 30 heavy (non-hydrogen) atoms. The summed E-state index contributed by atoms with van der Waals surface area (Å²) in [6.07, 6.45) is 2.87. The Morgan fingerprint density at radius 2 is 1.90 bits per heavy atom. The van der Waals surface area contributed by atoms with Gasteiger partial charge in [0.1, 0.15) is 23.1 Å². The van der Waals surface area contributed by atoms with E-state index in [0.29, 0.717) is 32.5 Å². The number of imidazole rings is 1. The van der Waals surface area contributed by atoms with Gasteiger partial charge in [0.15, 0.2) is 0 Å². The Labute approximate surface area is 175 Å². The number of amides is 1. The first-order valence-electron chi connectivity index (χ1n) is 10.3. The van der Waals surface area contributed by atoms with Crippen LogP contribution in [0.4, 0.5) is 4.39 Å². The van der Waals surface area contributed by atoms with E-state index >= 15 is 0 Å². The molecule has 0 saturated carbocycles. The number of aromatic nitrogens is 2. The molecule has 7 heteroatoms. The van der Waals surface area contributed by atoms with E-state index in [9.17, 15) is 9.18 Å². The van der Waals surface area contributed by atoms with Crippen molar-refractivity contribution >= 4 is 16.9 Å². The molecule has 1 N–H and O–H groups in total. The Hall–Kier alpha value is -3.09. The van der Waals surface area contributed by atoms with Crippen LogP contribution in [0.2, 0.25) is 0 Å². The Balaban J connectivity index is 1.20. The van der Waals surface area contributed by atoms with Gasteiger partial charge in [0.05, 0.1) is 24.8 Å². The van der Waals surface area contributed by atoms with Gasteiger partial charge in [0.25, 0.3) is 0 Å². The lowest BCUT2D eigenvalue weighted by Crippen LogP contribution is -2.38. The molecule has 0 radical (unpaired) electrons. The van der Waals surface area contributed by atoms with Gasteiger partial charge in [0.2, 0.25) is 5.91 Å². The predicted octanol–water partition coefficient (Wildman–Crippen LogP) is 4.28. The van der Waals surface area contributed by atoms with E-state index in [1.54, 1.807) is 13.2 Å². The molecule has 0 atom stereocenters. The van der Waals surface area contributed by atoms with E-state index in [1.165, 1.54) is 12.1 Å². The summed E-state index contributed by atoms with van der Waals surface area (Å²) in [5, 5.41) is 0. The zero-order valence-electron chi connectivity index (χ0n) is 17.1. The van der Waals surface area contributed by atoms with Crippen LogP contribution in [0.3, 0.4) is 0 Å². The molecule has 1 aliphatic rings. The van der Waals surface area contributed by atoms with Gasteiger partial charge in [-0.2, -0.15) is 0 Å². The summed E-state index contributed by atoms with van der Waals surface area (Å²) in [7, 11) is 1.63. The highest BCUT2D eigenvalue weighted by molar-refractivity contribution is 5.76. The van der Waals surface area contributed by atoms with Crippen LogP contribution in [0.25, 0.3) is 11.0 Å². The van der Waals surface area contributed by atoms with Crippen LogP contribution in [-0.2, 0) is 4.79 Å². The van der Waals surface area contributed by atoms with Crippen LogP contribution in [0, 0.1) is 5.82 Å². The smallest absolute Gasteiger partial charge is 0.222 e. The van der Waals surface area contributed by atoms with E-state index in [2.05, 4.69) is 9.97 Å². The average Bonchev–Trinajstić information content (AvgIpc) is 3.20. The number of ether oxygens (including phenoxy) is 2.